The second kappa shape index (κ2) is 9.61. The third-order valence-electron chi connectivity index (χ3n) is 4.99. The van der Waals surface area contributed by atoms with Crippen LogP contribution in [0.5, 0.6) is 5.75 Å². The number of nitrogens with zero attached hydrogens (tertiary/aromatic N) is 4. The maximum atomic E-state index is 12.4. The summed E-state index contributed by atoms with van der Waals surface area (Å²) in [6, 6.07) is 7.37. The van der Waals surface area contributed by atoms with E-state index in [-0.39, 0.29) is 11.7 Å². The number of nitrogens with one attached hydrogen (secondary N) is 1. The minimum atomic E-state index is -0.0781. The molecular formula is C21H25N5O2S2. The van der Waals surface area contributed by atoms with Crippen LogP contribution in [0.15, 0.2) is 35.6 Å². The predicted octanol–water partition coefficient (Wildman–Crippen LogP) is 4.45. The Hall–Kier alpha value is -2.39. The predicted molar refractivity (Wildman–Crippen MR) is 123 cm³/mol. The van der Waals surface area contributed by atoms with Crippen LogP contribution in [0.3, 0.4) is 0 Å². The topological polar surface area (TPSA) is 80.2 Å². The standard InChI is InChI=1S/C21H25N5O2S2/c1-3-28-16-6-4-15(5-7-16)24-17(27)12-29-20-18-19(22-13-23-20)25-21(30-18)26-10-8-14(2)9-11-26/h4-7,13-14H,3,8-12H2,1-2H3,(H,24,27). The number of hydrogen-bond acceptors (Lipinski definition) is 8. The van der Waals surface area contributed by atoms with E-state index in [4.69, 9.17) is 9.72 Å². The van der Waals surface area contributed by atoms with Gasteiger partial charge in [0.2, 0.25) is 5.91 Å². The minimum absolute atomic E-state index is 0.0781. The lowest BCUT2D eigenvalue weighted by atomic mass is 10.00. The van der Waals surface area contributed by atoms with Crippen molar-refractivity contribution >= 4 is 50.2 Å². The number of aromatic nitrogens is 3. The summed E-state index contributed by atoms with van der Waals surface area (Å²) in [5.41, 5.74) is 1.45. The zero-order valence-electron chi connectivity index (χ0n) is 17.1. The van der Waals surface area contributed by atoms with Crippen molar-refractivity contribution in [2.75, 3.05) is 35.7 Å². The van der Waals surface area contributed by atoms with E-state index >= 15 is 0 Å². The molecule has 1 N–H and O–H groups in total. The van der Waals surface area contributed by atoms with E-state index in [2.05, 4.69) is 27.1 Å². The van der Waals surface area contributed by atoms with Gasteiger partial charge in [0.05, 0.1) is 12.4 Å². The van der Waals surface area contributed by atoms with Crippen molar-refractivity contribution in [2.24, 2.45) is 5.92 Å². The molecule has 2 aromatic heterocycles. The second-order valence-corrected chi connectivity index (χ2v) is 9.23. The average molecular weight is 444 g/mol. The summed E-state index contributed by atoms with van der Waals surface area (Å²) >= 11 is 3.03. The summed E-state index contributed by atoms with van der Waals surface area (Å²) in [7, 11) is 0. The first kappa shape index (κ1) is 20.9. The van der Waals surface area contributed by atoms with E-state index in [1.807, 2.05) is 31.2 Å². The van der Waals surface area contributed by atoms with Gasteiger partial charge in [0.25, 0.3) is 0 Å². The number of carbonyl (C=O) groups excluding carboxylic acids is 1. The first-order valence-corrected chi connectivity index (χ1v) is 11.9. The molecule has 3 aromatic rings. The number of ether oxygens (including phenoxy) is 1. The van der Waals surface area contributed by atoms with Gasteiger partial charge >= 0.3 is 0 Å². The number of amides is 1. The maximum absolute atomic E-state index is 12.4. The Balaban J connectivity index is 1.39. The molecule has 3 heterocycles. The normalized spacial score (nSPS) is 14.8. The Labute approximate surface area is 184 Å². The molecule has 1 amide bonds. The largest absolute Gasteiger partial charge is 0.494 e. The van der Waals surface area contributed by atoms with Crippen LogP contribution in [0.25, 0.3) is 10.3 Å². The van der Waals surface area contributed by atoms with Gasteiger partial charge in [-0.3, -0.25) is 4.79 Å². The van der Waals surface area contributed by atoms with Crippen molar-refractivity contribution in [1.82, 2.24) is 15.0 Å². The number of thioether (sulfide) groups is 1. The zero-order chi connectivity index (χ0) is 20.9. The third-order valence-corrected chi connectivity index (χ3v) is 7.22. The number of thiazole rings is 1. The molecule has 9 heteroatoms. The van der Waals surface area contributed by atoms with Crippen molar-refractivity contribution in [3.8, 4) is 5.75 Å². The van der Waals surface area contributed by atoms with Crippen LogP contribution in [-0.2, 0) is 4.79 Å². The van der Waals surface area contributed by atoms with E-state index < -0.39 is 0 Å². The number of benzene rings is 1. The summed E-state index contributed by atoms with van der Waals surface area (Å²) in [4.78, 5) is 28.2. The smallest absolute Gasteiger partial charge is 0.234 e. The van der Waals surface area contributed by atoms with Gasteiger partial charge in [-0.25, -0.2) is 9.97 Å². The van der Waals surface area contributed by atoms with Gasteiger partial charge in [0, 0.05) is 18.8 Å². The molecule has 0 aliphatic carbocycles. The first-order valence-electron chi connectivity index (χ1n) is 10.1. The highest BCUT2D eigenvalue weighted by Crippen LogP contribution is 2.35. The number of anilines is 2. The molecular weight excluding hydrogens is 418 g/mol. The van der Waals surface area contributed by atoms with Gasteiger partial charge in [0.15, 0.2) is 10.8 Å². The second-order valence-electron chi connectivity index (χ2n) is 7.29. The fourth-order valence-electron chi connectivity index (χ4n) is 3.29. The number of carbonyl (C=O) groups is 1. The molecule has 0 unspecified atom stereocenters. The molecule has 0 radical (unpaired) electrons. The van der Waals surface area contributed by atoms with Gasteiger partial charge in [-0.15, -0.1) is 0 Å². The number of fused-ring (bicyclic) bond motifs is 1. The van der Waals surface area contributed by atoms with Crippen molar-refractivity contribution in [3.05, 3.63) is 30.6 Å². The van der Waals surface area contributed by atoms with Crippen molar-refractivity contribution in [2.45, 2.75) is 31.7 Å². The summed E-state index contributed by atoms with van der Waals surface area (Å²) in [6.07, 6.45) is 3.90. The van der Waals surface area contributed by atoms with Gasteiger partial charge in [-0.1, -0.05) is 30.0 Å². The molecule has 0 spiro atoms. The molecule has 1 fully saturated rings. The lowest BCUT2D eigenvalue weighted by Crippen LogP contribution is -2.32. The zero-order valence-corrected chi connectivity index (χ0v) is 18.8. The highest BCUT2D eigenvalue weighted by molar-refractivity contribution is 8.00. The molecule has 4 rings (SSSR count). The lowest BCUT2D eigenvalue weighted by Gasteiger charge is -2.29. The lowest BCUT2D eigenvalue weighted by molar-refractivity contribution is -0.113. The molecule has 158 valence electrons. The van der Waals surface area contributed by atoms with Gasteiger partial charge in [-0.05, 0) is 49.9 Å². The quantitative estimate of drug-likeness (QED) is 0.427. The molecule has 7 nitrogen and oxygen atoms in total. The molecule has 1 saturated heterocycles. The monoisotopic (exact) mass is 443 g/mol. The van der Waals surface area contributed by atoms with Crippen LogP contribution in [-0.4, -0.2) is 46.3 Å². The molecule has 1 aliphatic rings. The van der Waals surface area contributed by atoms with Gasteiger partial charge in [0.1, 0.15) is 21.8 Å². The van der Waals surface area contributed by atoms with Gasteiger partial charge in [-0.2, -0.15) is 4.98 Å². The summed E-state index contributed by atoms with van der Waals surface area (Å²) in [6.45, 7) is 6.92. The first-order chi connectivity index (χ1) is 14.6. The fraction of sp³-hybridized carbons (Fsp3) is 0.429. The summed E-state index contributed by atoms with van der Waals surface area (Å²) in [5.74, 6) is 1.76. The Bertz CT molecular complexity index is 1000. The Kier molecular flexibility index (Phi) is 6.69. The number of piperidine rings is 1. The molecule has 0 atom stereocenters. The fourth-order valence-corrected chi connectivity index (χ4v) is 5.23. The van der Waals surface area contributed by atoms with Crippen molar-refractivity contribution < 1.29 is 9.53 Å². The van der Waals surface area contributed by atoms with Crippen LogP contribution < -0.4 is 15.0 Å². The summed E-state index contributed by atoms with van der Waals surface area (Å²) < 4.78 is 6.37. The Morgan fingerprint density at radius 1 is 1.27 bits per heavy atom. The van der Waals surface area contributed by atoms with Crippen molar-refractivity contribution in [3.63, 3.8) is 0 Å². The van der Waals surface area contributed by atoms with Crippen LogP contribution in [0.2, 0.25) is 0 Å². The maximum Gasteiger partial charge on any atom is 0.234 e. The molecule has 1 aromatic carbocycles. The Morgan fingerprint density at radius 3 is 2.77 bits per heavy atom. The number of hydrogen-bond donors (Lipinski definition) is 1. The molecule has 30 heavy (non-hydrogen) atoms. The SMILES string of the molecule is CCOc1ccc(NC(=O)CSc2ncnc3nc(N4CCC(C)CC4)sc23)cc1. The van der Waals surface area contributed by atoms with Crippen LogP contribution in [0.1, 0.15) is 26.7 Å². The van der Waals surface area contributed by atoms with Crippen molar-refractivity contribution in [1.29, 1.82) is 0 Å². The van der Waals surface area contributed by atoms with Crippen LogP contribution >= 0.6 is 23.1 Å². The van der Waals surface area contributed by atoms with E-state index in [1.165, 1.54) is 30.9 Å². The summed E-state index contributed by atoms with van der Waals surface area (Å²) in [5, 5.41) is 4.71. The number of rotatable bonds is 7. The molecule has 0 bridgehead atoms. The van der Waals surface area contributed by atoms with Crippen LogP contribution in [0.4, 0.5) is 10.8 Å². The highest BCUT2D eigenvalue weighted by Gasteiger charge is 2.20. The minimum Gasteiger partial charge on any atom is -0.494 e. The van der Waals surface area contributed by atoms with E-state index in [0.29, 0.717) is 12.3 Å². The highest BCUT2D eigenvalue weighted by atomic mass is 32.2. The van der Waals surface area contributed by atoms with Crippen LogP contribution in [0, 0.1) is 5.92 Å². The van der Waals surface area contributed by atoms with Gasteiger partial charge < -0.3 is 15.0 Å². The van der Waals surface area contributed by atoms with E-state index in [1.54, 1.807) is 11.3 Å². The Morgan fingerprint density at radius 2 is 2.03 bits per heavy atom. The third kappa shape index (κ3) is 5.02. The molecule has 0 saturated carbocycles. The van der Waals surface area contributed by atoms with E-state index in [0.717, 1.165) is 45.3 Å². The molecule has 1 aliphatic heterocycles. The average Bonchev–Trinajstić information content (AvgIpc) is 3.19. The van der Waals surface area contributed by atoms with E-state index in [9.17, 15) is 4.79 Å².